The standard InChI is InChI=1S/C21H23N3O5/c1-3-27-21(26)23-17(10-15-7-5-4-6-8-15)20(25)24-22-12-16-11-19-18(9-14(16)2)28-13-29-19/h4-9,11-12,17H,3,10,13H2,1-2H3,(H,23,26)(H,24,25)/b22-12-/t17-/m0/s1. The summed E-state index contributed by atoms with van der Waals surface area (Å²) in [7, 11) is 0. The fourth-order valence-corrected chi connectivity index (χ4v) is 2.82. The lowest BCUT2D eigenvalue weighted by Gasteiger charge is -2.16. The third-order valence-electron chi connectivity index (χ3n) is 4.31. The molecule has 152 valence electrons. The van der Waals surface area contributed by atoms with Crippen LogP contribution in [0.1, 0.15) is 23.6 Å². The van der Waals surface area contributed by atoms with Gasteiger partial charge in [-0.05, 0) is 37.1 Å². The number of fused-ring (bicyclic) bond motifs is 1. The summed E-state index contributed by atoms with van der Waals surface area (Å²) >= 11 is 0. The molecule has 1 heterocycles. The van der Waals surface area contributed by atoms with Crippen LogP contribution in [0.25, 0.3) is 0 Å². The Morgan fingerprint density at radius 1 is 1.21 bits per heavy atom. The second-order valence-corrected chi connectivity index (χ2v) is 6.40. The van der Waals surface area contributed by atoms with Crippen molar-refractivity contribution in [2.24, 2.45) is 5.10 Å². The highest BCUT2D eigenvalue weighted by Crippen LogP contribution is 2.33. The van der Waals surface area contributed by atoms with Crippen molar-refractivity contribution in [3.8, 4) is 11.5 Å². The Balaban J connectivity index is 1.67. The van der Waals surface area contributed by atoms with E-state index in [0.717, 1.165) is 16.7 Å². The third-order valence-corrected chi connectivity index (χ3v) is 4.31. The van der Waals surface area contributed by atoms with Gasteiger partial charge in [0.2, 0.25) is 6.79 Å². The molecule has 2 aromatic rings. The van der Waals surface area contributed by atoms with Crippen molar-refractivity contribution in [3.05, 3.63) is 59.2 Å². The highest BCUT2D eigenvalue weighted by molar-refractivity contribution is 5.88. The van der Waals surface area contributed by atoms with Gasteiger partial charge < -0.3 is 19.5 Å². The minimum Gasteiger partial charge on any atom is -0.454 e. The van der Waals surface area contributed by atoms with Crippen LogP contribution in [0.3, 0.4) is 0 Å². The van der Waals surface area contributed by atoms with E-state index in [9.17, 15) is 9.59 Å². The van der Waals surface area contributed by atoms with E-state index in [4.69, 9.17) is 14.2 Å². The number of hydrogen-bond acceptors (Lipinski definition) is 6. The zero-order valence-corrected chi connectivity index (χ0v) is 16.3. The summed E-state index contributed by atoms with van der Waals surface area (Å²) < 4.78 is 15.6. The number of nitrogens with one attached hydrogen (secondary N) is 2. The Labute approximate surface area is 168 Å². The monoisotopic (exact) mass is 397 g/mol. The zero-order chi connectivity index (χ0) is 20.6. The number of rotatable bonds is 7. The lowest BCUT2D eigenvalue weighted by molar-refractivity contribution is -0.123. The van der Waals surface area contributed by atoms with Gasteiger partial charge in [0.1, 0.15) is 6.04 Å². The Kier molecular flexibility index (Phi) is 6.67. The zero-order valence-electron chi connectivity index (χ0n) is 16.3. The van der Waals surface area contributed by atoms with Gasteiger partial charge in [-0.25, -0.2) is 10.2 Å². The number of hydrazone groups is 1. The van der Waals surface area contributed by atoms with E-state index in [2.05, 4.69) is 15.8 Å². The molecule has 0 aliphatic carbocycles. The number of carbonyl (C=O) groups excluding carboxylic acids is 2. The van der Waals surface area contributed by atoms with E-state index in [-0.39, 0.29) is 13.4 Å². The minimum absolute atomic E-state index is 0.187. The molecule has 1 aliphatic heterocycles. The summed E-state index contributed by atoms with van der Waals surface area (Å²) in [5.74, 6) is 0.871. The van der Waals surface area contributed by atoms with Crippen LogP contribution in [0.4, 0.5) is 4.79 Å². The number of amides is 2. The molecular weight excluding hydrogens is 374 g/mol. The Hall–Kier alpha value is -3.55. The molecule has 8 nitrogen and oxygen atoms in total. The first-order valence-corrected chi connectivity index (χ1v) is 9.27. The van der Waals surface area contributed by atoms with Crippen molar-refractivity contribution in [2.75, 3.05) is 13.4 Å². The van der Waals surface area contributed by atoms with Gasteiger partial charge in [0.15, 0.2) is 11.5 Å². The molecule has 1 atom stereocenters. The first-order chi connectivity index (χ1) is 14.1. The van der Waals surface area contributed by atoms with Gasteiger partial charge >= 0.3 is 6.09 Å². The molecule has 8 heteroatoms. The van der Waals surface area contributed by atoms with Crippen LogP contribution in [-0.4, -0.2) is 37.7 Å². The van der Waals surface area contributed by atoms with Crippen LogP contribution in [0.15, 0.2) is 47.6 Å². The van der Waals surface area contributed by atoms with Crippen LogP contribution in [-0.2, 0) is 16.0 Å². The number of nitrogens with zero attached hydrogens (tertiary/aromatic N) is 1. The Morgan fingerprint density at radius 2 is 1.93 bits per heavy atom. The van der Waals surface area contributed by atoms with Crippen molar-refractivity contribution in [1.82, 2.24) is 10.7 Å². The van der Waals surface area contributed by atoms with Gasteiger partial charge in [0, 0.05) is 12.0 Å². The number of benzene rings is 2. The van der Waals surface area contributed by atoms with Crippen molar-refractivity contribution in [2.45, 2.75) is 26.3 Å². The van der Waals surface area contributed by atoms with Crippen LogP contribution >= 0.6 is 0 Å². The molecule has 2 N–H and O–H groups in total. The van der Waals surface area contributed by atoms with E-state index in [1.807, 2.05) is 43.3 Å². The van der Waals surface area contributed by atoms with Gasteiger partial charge in [0.25, 0.3) is 5.91 Å². The average molecular weight is 397 g/mol. The predicted octanol–water partition coefficient (Wildman–Crippen LogP) is 2.53. The van der Waals surface area contributed by atoms with E-state index >= 15 is 0 Å². The van der Waals surface area contributed by atoms with E-state index in [1.54, 1.807) is 13.0 Å². The molecule has 2 amide bonds. The molecule has 0 bridgehead atoms. The topological polar surface area (TPSA) is 98.2 Å². The SMILES string of the molecule is CCOC(=O)N[C@@H](Cc1ccccc1)C(=O)N/N=C\c1cc2c(cc1C)OCO2. The summed E-state index contributed by atoms with van der Waals surface area (Å²) in [6, 6.07) is 12.2. The van der Waals surface area contributed by atoms with Crippen molar-refractivity contribution < 1.29 is 23.8 Å². The molecular formula is C21H23N3O5. The molecule has 0 saturated carbocycles. The lowest BCUT2D eigenvalue weighted by Crippen LogP contribution is -2.47. The third kappa shape index (κ3) is 5.47. The molecule has 3 rings (SSSR count). The number of hydrogen-bond donors (Lipinski definition) is 2. The fourth-order valence-electron chi connectivity index (χ4n) is 2.82. The molecule has 0 unspecified atom stereocenters. The van der Waals surface area contributed by atoms with E-state index in [1.165, 1.54) is 6.21 Å². The fraction of sp³-hybridized carbons (Fsp3) is 0.286. The largest absolute Gasteiger partial charge is 0.454 e. The maximum absolute atomic E-state index is 12.6. The van der Waals surface area contributed by atoms with Crippen LogP contribution in [0, 0.1) is 6.92 Å². The van der Waals surface area contributed by atoms with Crippen LogP contribution in [0.5, 0.6) is 11.5 Å². The predicted molar refractivity (Wildman–Crippen MR) is 107 cm³/mol. The highest BCUT2D eigenvalue weighted by Gasteiger charge is 2.22. The van der Waals surface area contributed by atoms with Gasteiger partial charge in [-0.1, -0.05) is 30.3 Å². The summed E-state index contributed by atoms with van der Waals surface area (Å²) in [6.07, 6.45) is 1.18. The van der Waals surface area contributed by atoms with Crippen molar-refractivity contribution in [3.63, 3.8) is 0 Å². The van der Waals surface area contributed by atoms with Crippen LogP contribution in [0.2, 0.25) is 0 Å². The second kappa shape index (κ2) is 9.59. The lowest BCUT2D eigenvalue weighted by atomic mass is 10.1. The van der Waals surface area contributed by atoms with Gasteiger partial charge in [0.05, 0.1) is 12.8 Å². The normalized spacial score (nSPS) is 13.2. The Bertz CT molecular complexity index is 899. The smallest absolute Gasteiger partial charge is 0.407 e. The summed E-state index contributed by atoms with van der Waals surface area (Å²) in [4.78, 5) is 24.4. The number of carbonyl (C=O) groups is 2. The maximum atomic E-state index is 12.6. The molecule has 29 heavy (non-hydrogen) atoms. The molecule has 2 aromatic carbocycles. The quantitative estimate of drug-likeness (QED) is 0.553. The van der Waals surface area contributed by atoms with E-state index < -0.39 is 18.0 Å². The van der Waals surface area contributed by atoms with E-state index in [0.29, 0.717) is 17.9 Å². The summed E-state index contributed by atoms with van der Waals surface area (Å²) in [5.41, 5.74) is 5.10. The Morgan fingerprint density at radius 3 is 2.66 bits per heavy atom. The highest BCUT2D eigenvalue weighted by atomic mass is 16.7. The minimum atomic E-state index is -0.827. The first kappa shape index (κ1) is 20.2. The van der Waals surface area contributed by atoms with Gasteiger partial charge in [-0.2, -0.15) is 5.10 Å². The second-order valence-electron chi connectivity index (χ2n) is 6.40. The molecule has 1 aliphatic rings. The van der Waals surface area contributed by atoms with Crippen molar-refractivity contribution in [1.29, 1.82) is 0 Å². The first-order valence-electron chi connectivity index (χ1n) is 9.27. The number of alkyl carbamates (subject to hydrolysis) is 1. The molecule has 0 saturated heterocycles. The van der Waals surface area contributed by atoms with Crippen LogP contribution < -0.4 is 20.2 Å². The van der Waals surface area contributed by atoms with Crippen molar-refractivity contribution >= 4 is 18.2 Å². The maximum Gasteiger partial charge on any atom is 0.407 e. The average Bonchev–Trinajstić information content (AvgIpc) is 3.15. The summed E-state index contributed by atoms with van der Waals surface area (Å²) in [5, 5.41) is 6.61. The number of aryl methyl sites for hydroxylation is 1. The summed E-state index contributed by atoms with van der Waals surface area (Å²) in [6.45, 7) is 4.01. The molecule has 0 fully saturated rings. The molecule has 0 aromatic heterocycles. The van der Waals surface area contributed by atoms with Gasteiger partial charge in [-0.15, -0.1) is 0 Å². The molecule has 0 spiro atoms. The molecule has 0 radical (unpaired) electrons. The van der Waals surface area contributed by atoms with Gasteiger partial charge in [-0.3, -0.25) is 4.79 Å². The number of ether oxygens (including phenoxy) is 3.